The summed E-state index contributed by atoms with van der Waals surface area (Å²) in [5.74, 6) is 1.13. The Balaban J connectivity index is 0.000000806. The molecule has 1 heterocycles. The molecule has 0 saturated heterocycles. The van der Waals surface area contributed by atoms with Crippen molar-refractivity contribution in [3.05, 3.63) is 36.2 Å². The van der Waals surface area contributed by atoms with E-state index in [1.165, 1.54) is 11.1 Å². The van der Waals surface area contributed by atoms with Gasteiger partial charge < -0.3 is 0 Å². The maximum atomic E-state index is 13.2. The smallest absolute Gasteiger partial charge is 0.299 e. The summed E-state index contributed by atoms with van der Waals surface area (Å²) in [4.78, 5) is 46.7. The molecule has 0 amide bonds. The monoisotopic (exact) mass is 409 g/mol. The molecule has 0 aliphatic heterocycles. The summed E-state index contributed by atoms with van der Waals surface area (Å²) in [5, 5.41) is 0. The Hall–Kier alpha value is -2.39. The maximum absolute atomic E-state index is 13.2. The molecule has 5 nitrogen and oxygen atoms in total. The van der Waals surface area contributed by atoms with Gasteiger partial charge in [0.25, 0.3) is 0 Å². The molecule has 1 aromatic heterocycles. The predicted molar refractivity (Wildman–Crippen MR) is 112 cm³/mol. The van der Waals surface area contributed by atoms with Gasteiger partial charge >= 0.3 is 6.15 Å². The van der Waals surface area contributed by atoms with Gasteiger partial charge in [0, 0.05) is 29.6 Å². The van der Waals surface area contributed by atoms with Crippen LogP contribution in [0.3, 0.4) is 0 Å². The van der Waals surface area contributed by atoms with Crippen LogP contribution in [0.5, 0.6) is 0 Å². The average Bonchev–Trinajstić information content (AvgIpc) is 3.09. The third-order valence-electron chi connectivity index (χ3n) is 8.67. The molecule has 4 rings (SSSR count). The van der Waals surface area contributed by atoms with E-state index in [0.29, 0.717) is 18.0 Å². The predicted octanol–water partition coefficient (Wildman–Crippen LogP) is 4.67. The Bertz CT molecular complexity index is 901. The third kappa shape index (κ3) is 3.02. The number of hydrogen-bond acceptors (Lipinski definition) is 5. The number of hydrogen-bond donors (Lipinski definition) is 0. The molecular weight excluding hydrogens is 378 g/mol. The summed E-state index contributed by atoms with van der Waals surface area (Å²) in [5.41, 5.74) is 1.80. The SMILES string of the molecule is CC[C@@]1(C)C(=O)CC[C@]2(C(C)=O)[C@@H]1CC[C@]1(C)C(c3cccnc3)=CC[C@@H]21.O=C=O. The summed E-state index contributed by atoms with van der Waals surface area (Å²) in [7, 11) is 0. The summed E-state index contributed by atoms with van der Waals surface area (Å²) < 4.78 is 0. The van der Waals surface area contributed by atoms with Gasteiger partial charge in [0.2, 0.25) is 0 Å². The summed E-state index contributed by atoms with van der Waals surface area (Å²) in [6, 6.07) is 4.13. The molecule has 3 aliphatic carbocycles. The number of carbonyl (C=O) groups excluding carboxylic acids is 4. The van der Waals surface area contributed by atoms with Crippen LogP contribution in [0, 0.1) is 28.1 Å². The number of aromatic nitrogens is 1. The van der Waals surface area contributed by atoms with Gasteiger partial charge in [-0.1, -0.05) is 32.9 Å². The highest BCUT2D eigenvalue weighted by Gasteiger charge is 2.66. The van der Waals surface area contributed by atoms with Crippen LogP contribution in [0.15, 0.2) is 30.6 Å². The van der Waals surface area contributed by atoms with Crippen LogP contribution >= 0.6 is 0 Å². The molecule has 2 saturated carbocycles. The number of nitrogens with zero attached hydrogens (tertiary/aromatic N) is 1. The van der Waals surface area contributed by atoms with Crippen molar-refractivity contribution in [2.24, 2.45) is 28.1 Å². The number of Topliss-reactive ketones (excluding diaryl/α,β-unsaturated/α-hetero) is 2. The first kappa shape index (κ1) is 22.3. The number of ketones is 2. The molecule has 5 atom stereocenters. The second kappa shape index (κ2) is 8.03. The molecule has 0 unspecified atom stereocenters. The van der Waals surface area contributed by atoms with Gasteiger partial charge in [-0.15, -0.1) is 0 Å². The molecular formula is C25H31NO4. The molecule has 3 aliphatic rings. The number of carbonyl (C=O) groups is 2. The minimum absolute atomic E-state index is 0.0136. The lowest BCUT2D eigenvalue weighted by Crippen LogP contribution is -2.61. The van der Waals surface area contributed by atoms with Gasteiger partial charge in [0.15, 0.2) is 0 Å². The highest BCUT2D eigenvalue weighted by molar-refractivity contribution is 5.92. The highest BCUT2D eigenvalue weighted by atomic mass is 16.2. The zero-order valence-corrected chi connectivity index (χ0v) is 18.4. The van der Waals surface area contributed by atoms with E-state index >= 15 is 0 Å². The van der Waals surface area contributed by atoms with Crippen molar-refractivity contribution in [2.45, 2.75) is 66.2 Å². The van der Waals surface area contributed by atoms with Crippen LogP contribution in [0.1, 0.15) is 71.8 Å². The van der Waals surface area contributed by atoms with E-state index in [0.717, 1.165) is 32.1 Å². The fourth-order valence-corrected chi connectivity index (χ4v) is 7.06. The van der Waals surface area contributed by atoms with Crippen molar-refractivity contribution in [3.8, 4) is 0 Å². The van der Waals surface area contributed by atoms with Crippen molar-refractivity contribution in [1.82, 2.24) is 4.98 Å². The maximum Gasteiger partial charge on any atom is 0.373 e. The number of rotatable bonds is 3. The first-order valence-corrected chi connectivity index (χ1v) is 10.9. The van der Waals surface area contributed by atoms with E-state index in [1.54, 1.807) is 6.92 Å². The highest BCUT2D eigenvalue weighted by Crippen LogP contribution is 2.69. The molecule has 0 N–H and O–H groups in total. The van der Waals surface area contributed by atoms with Crippen LogP contribution in [0.25, 0.3) is 5.57 Å². The minimum atomic E-state index is -0.369. The van der Waals surface area contributed by atoms with Crippen molar-refractivity contribution in [1.29, 1.82) is 0 Å². The lowest BCUT2D eigenvalue weighted by Gasteiger charge is -2.61. The largest absolute Gasteiger partial charge is 0.373 e. The van der Waals surface area contributed by atoms with Gasteiger partial charge in [-0.2, -0.15) is 9.59 Å². The van der Waals surface area contributed by atoms with E-state index in [4.69, 9.17) is 9.59 Å². The molecule has 2 fully saturated rings. The number of pyridine rings is 1. The lowest BCUT2D eigenvalue weighted by atomic mass is 9.40. The molecule has 0 bridgehead atoms. The van der Waals surface area contributed by atoms with Crippen LogP contribution in [-0.4, -0.2) is 22.7 Å². The number of allylic oxidation sites excluding steroid dienone is 2. The molecule has 0 aromatic carbocycles. The first-order valence-electron chi connectivity index (χ1n) is 10.9. The van der Waals surface area contributed by atoms with Gasteiger partial charge in [-0.05, 0) is 73.5 Å². The van der Waals surface area contributed by atoms with Crippen LogP contribution in [0.2, 0.25) is 0 Å². The zero-order chi connectivity index (χ0) is 22.2. The fourth-order valence-electron chi connectivity index (χ4n) is 7.06. The Morgan fingerprint density at radius 3 is 2.50 bits per heavy atom. The van der Waals surface area contributed by atoms with E-state index in [1.807, 2.05) is 18.5 Å². The Kier molecular flexibility index (Phi) is 5.97. The molecule has 0 spiro atoms. The summed E-state index contributed by atoms with van der Waals surface area (Å²) in [6.07, 6.45) is 11.4. The third-order valence-corrected chi connectivity index (χ3v) is 8.67. The van der Waals surface area contributed by atoms with Gasteiger partial charge in [-0.3, -0.25) is 14.6 Å². The Labute approximate surface area is 178 Å². The first-order chi connectivity index (χ1) is 14.2. The van der Waals surface area contributed by atoms with Gasteiger partial charge in [0.05, 0.1) is 0 Å². The molecule has 160 valence electrons. The Morgan fingerprint density at radius 1 is 1.23 bits per heavy atom. The van der Waals surface area contributed by atoms with E-state index in [2.05, 4.69) is 37.9 Å². The molecule has 0 radical (unpaired) electrons. The molecule has 1 aromatic rings. The second-order valence-electron chi connectivity index (χ2n) is 9.53. The minimum Gasteiger partial charge on any atom is -0.299 e. The average molecular weight is 410 g/mol. The molecule has 30 heavy (non-hydrogen) atoms. The van der Waals surface area contributed by atoms with E-state index in [9.17, 15) is 9.59 Å². The van der Waals surface area contributed by atoms with Crippen molar-refractivity contribution >= 4 is 23.3 Å². The topological polar surface area (TPSA) is 81.2 Å². The molecule has 5 heteroatoms. The summed E-state index contributed by atoms with van der Waals surface area (Å²) in [6.45, 7) is 8.39. The standard InChI is InChI=1S/C24H31NO2.CO2/c1-5-22(3)20-10-12-23(4)18(17-7-6-14-25-15-17)8-9-19(23)24(20,16(2)26)13-11-21(22)27;2-1-3/h6-8,14-15,19-20H,5,9-13H2,1-4H3;/t19-,20-,22-,23-,24-;/m1./s1. The second-order valence-corrected chi connectivity index (χ2v) is 9.53. The van der Waals surface area contributed by atoms with Gasteiger partial charge in [-0.25, -0.2) is 0 Å². The normalized spacial score (nSPS) is 37.1. The van der Waals surface area contributed by atoms with Gasteiger partial charge in [0.1, 0.15) is 11.6 Å². The van der Waals surface area contributed by atoms with Crippen molar-refractivity contribution in [3.63, 3.8) is 0 Å². The van der Waals surface area contributed by atoms with Crippen molar-refractivity contribution < 1.29 is 19.2 Å². The van der Waals surface area contributed by atoms with E-state index < -0.39 is 0 Å². The van der Waals surface area contributed by atoms with Crippen LogP contribution < -0.4 is 0 Å². The summed E-state index contributed by atoms with van der Waals surface area (Å²) >= 11 is 0. The van der Waals surface area contributed by atoms with Crippen LogP contribution in [-0.2, 0) is 19.2 Å². The van der Waals surface area contributed by atoms with E-state index in [-0.39, 0.29) is 34.2 Å². The quantitative estimate of drug-likeness (QED) is 0.724. The Morgan fingerprint density at radius 2 is 1.93 bits per heavy atom. The fraction of sp³-hybridized carbons (Fsp3) is 0.600. The lowest BCUT2D eigenvalue weighted by molar-refractivity contribution is -0.191. The zero-order valence-electron chi connectivity index (χ0n) is 18.4. The van der Waals surface area contributed by atoms with Crippen molar-refractivity contribution in [2.75, 3.05) is 0 Å². The van der Waals surface area contributed by atoms with Crippen LogP contribution in [0.4, 0.5) is 0 Å². The number of fused-ring (bicyclic) bond motifs is 3.